The Morgan fingerprint density at radius 1 is 1.21 bits per heavy atom. The van der Waals surface area contributed by atoms with Crippen LogP contribution in [0.15, 0.2) is 41.3 Å². The van der Waals surface area contributed by atoms with E-state index in [2.05, 4.69) is 14.9 Å². The molecular formula is C20H20ClN5O2S. The zero-order chi connectivity index (χ0) is 20.5. The number of fused-ring (bicyclic) bond motifs is 1. The summed E-state index contributed by atoms with van der Waals surface area (Å²) in [4.78, 5) is 35.5. The van der Waals surface area contributed by atoms with E-state index >= 15 is 0 Å². The second kappa shape index (κ2) is 7.96. The number of carbonyl (C=O) groups excluding carboxylic acids is 1. The second-order valence-corrected chi connectivity index (χ2v) is 7.87. The van der Waals surface area contributed by atoms with Crippen molar-refractivity contribution in [3.05, 3.63) is 62.2 Å². The Balaban J connectivity index is 1.73. The van der Waals surface area contributed by atoms with E-state index in [-0.39, 0.29) is 11.6 Å². The van der Waals surface area contributed by atoms with Gasteiger partial charge in [0.2, 0.25) is 5.91 Å². The smallest absolute Gasteiger partial charge is 0.327 e. The van der Waals surface area contributed by atoms with E-state index < -0.39 is 0 Å². The van der Waals surface area contributed by atoms with E-state index in [1.807, 2.05) is 23.1 Å². The number of H-pyrrole nitrogens is 1. The molecule has 1 aromatic carbocycles. The molecule has 7 nitrogen and oxygen atoms in total. The van der Waals surface area contributed by atoms with Gasteiger partial charge < -0.3 is 9.80 Å². The van der Waals surface area contributed by atoms with E-state index in [1.54, 1.807) is 29.8 Å². The quantitative estimate of drug-likeness (QED) is 0.648. The fourth-order valence-corrected chi connectivity index (χ4v) is 3.91. The third-order valence-electron chi connectivity index (χ3n) is 5.17. The van der Waals surface area contributed by atoms with Crippen molar-refractivity contribution in [2.75, 3.05) is 31.1 Å². The number of nitrogens with one attached hydrogen (secondary N) is 1. The van der Waals surface area contributed by atoms with Gasteiger partial charge in [-0.1, -0.05) is 36.0 Å². The van der Waals surface area contributed by atoms with Crippen LogP contribution in [0.25, 0.3) is 11.0 Å². The minimum atomic E-state index is -0.280. The molecule has 2 aromatic heterocycles. The lowest BCUT2D eigenvalue weighted by Gasteiger charge is -2.35. The Kier molecular flexibility index (Phi) is 5.38. The largest absolute Gasteiger partial charge is 0.367 e. The van der Waals surface area contributed by atoms with Gasteiger partial charge in [0.25, 0.3) is 0 Å². The molecule has 4 rings (SSSR count). The van der Waals surface area contributed by atoms with Gasteiger partial charge >= 0.3 is 5.69 Å². The number of hydrogen-bond donors (Lipinski definition) is 1. The summed E-state index contributed by atoms with van der Waals surface area (Å²) in [6.45, 7) is 4.73. The molecule has 1 aliphatic rings. The Morgan fingerprint density at radius 3 is 2.55 bits per heavy atom. The molecule has 0 saturated carbocycles. The van der Waals surface area contributed by atoms with E-state index in [9.17, 15) is 9.59 Å². The van der Waals surface area contributed by atoms with Gasteiger partial charge in [0.15, 0.2) is 0 Å². The van der Waals surface area contributed by atoms with Crippen molar-refractivity contribution in [3.8, 4) is 0 Å². The molecule has 150 valence electrons. The first kappa shape index (κ1) is 19.6. The van der Waals surface area contributed by atoms with Crippen LogP contribution in [0.3, 0.4) is 0 Å². The second-order valence-electron chi connectivity index (χ2n) is 7.03. The summed E-state index contributed by atoms with van der Waals surface area (Å²) in [5.74, 6) is 0.0874. The lowest BCUT2D eigenvalue weighted by atomic mass is 10.2. The van der Waals surface area contributed by atoms with Crippen LogP contribution >= 0.6 is 23.8 Å². The van der Waals surface area contributed by atoms with Crippen LogP contribution in [0, 0.1) is 4.64 Å². The lowest BCUT2D eigenvalue weighted by molar-refractivity contribution is -0.129. The standard InChI is InChI=1S/C20H20ClN5O2S/c1-13(27)24-6-8-25(9-7-24)16-10-17-18(22-11-16)19(29)23-20(28)26(17)12-14-2-4-15(21)5-3-14/h2-5,10-11H,6-9,12H2,1H3,(H,23,28,29). The zero-order valence-electron chi connectivity index (χ0n) is 15.9. The Hall–Kier alpha value is -2.71. The number of carbonyl (C=O) groups is 1. The summed E-state index contributed by atoms with van der Waals surface area (Å²) in [6.07, 6.45) is 1.77. The maximum Gasteiger partial charge on any atom is 0.327 e. The number of benzene rings is 1. The summed E-state index contributed by atoms with van der Waals surface area (Å²) in [5, 5.41) is 0.645. The predicted octanol–water partition coefficient (Wildman–Crippen LogP) is 2.82. The number of pyridine rings is 1. The van der Waals surface area contributed by atoms with Crippen LogP contribution in [0.1, 0.15) is 12.5 Å². The molecule has 29 heavy (non-hydrogen) atoms. The fourth-order valence-electron chi connectivity index (χ4n) is 3.54. The SMILES string of the molecule is CC(=O)N1CCN(c2cnc3c(=S)[nH]c(=O)n(Cc4ccc(Cl)cc4)c3c2)CC1. The third kappa shape index (κ3) is 4.04. The molecule has 1 amide bonds. The third-order valence-corrected chi connectivity index (χ3v) is 5.72. The number of hydrogen-bond acceptors (Lipinski definition) is 5. The average molecular weight is 430 g/mol. The maximum atomic E-state index is 12.7. The Morgan fingerprint density at radius 2 is 1.90 bits per heavy atom. The number of piperazine rings is 1. The monoisotopic (exact) mass is 429 g/mol. The van der Waals surface area contributed by atoms with E-state index in [0.717, 1.165) is 11.3 Å². The first-order valence-corrected chi connectivity index (χ1v) is 10.1. The number of aromatic nitrogens is 3. The van der Waals surface area contributed by atoms with Gasteiger partial charge in [-0.15, -0.1) is 0 Å². The van der Waals surface area contributed by atoms with Gasteiger partial charge in [0.05, 0.1) is 23.9 Å². The minimum absolute atomic E-state index is 0.0874. The topological polar surface area (TPSA) is 74.2 Å². The molecule has 1 fully saturated rings. The number of halogens is 1. The maximum absolute atomic E-state index is 12.7. The van der Waals surface area contributed by atoms with Crippen molar-refractivity contribution in [1.29, 1.82) is 0 Å². The summed E-state index contributed by atoms with van der Waals surface area (Å²) in [5.41, 5.74) is 2.84. The summed E-state index contributed by atoms with van der Waals surface area (Å²) >= 11 is 11.3. The molecule has 0 unspecified atom stereocenters. The number of nitrogens with zero attached hydrogens (tertiary/aromatic N) is 4. The Bertz CT molecular complexity index is 1180. The molecule has 3 heterocycles. The number of aromatic amines is 1. The van der Waals surface area contributed by atoms with Crippen molar-refractivity contribution in [2.24, 2.45) is 0 Å². The van der Waals surface area contributed by atoms with Crippen LogP contribution in [0.4, 0.5) is 5.69 Å². The molecule has 0 radical (unpaired) electrons. The predicted molar refractivity (Wildman–Crippen MR) is 116 cm³/mol. The summed E-state index contributed by atoms with van der Waals surface area (Å²) < 4.78 is 1.96. The van der Waals surface area contributed by atoms with Gasteiger partial charge in [-0.25, -0.2) is 9.78 Å². The lowest BCUT2D eigenvalue weighted by Crippen LogP contribution is -2.48. The molecule has 1 saturated heterocycles. The van der Waals surface area contributed by atoms with Crippen molar-refractivity contribution >= 4 is 46.4 Å². The normalized spacial score (nSPS) is 14.4. The Labute approximate surface area is 177 Å². The number of anilines is 1. The van der Waals surface area contributed by atoms with E-state index in [0.29, 0.717) is 53.4 Å². The first-order valence-electron chi connectivity index (χ1n) is 9.30. The molecule has 0 bridgehead atoms. The first-order chi connectivity index (χ1) is 13.9. The fraction of sp³-hybridized carbons (Fsp3) is 0.300. The highest BCUT2D eigenvalue weighted by Crippen LogP contribution is 2.22. The van der Waals surface area contributed by atoms with Crippen molar-refractivity contribution in [1.82, 2.24) is 19.4 Å². The van der Waals surface area contributed by atoms with Crippen LogP contribution in [-0.4, -0.2) is 51.5 Å². The summed E-state index contributed by atoms with van der Waals surface area (Å²) in [7, 11) is 0. The molecule has 3 aromatic rings. The van der Waals surface area contributed by atoms with Gasteiger partial charge in [0, 0.05) is 38.1 Å². The molecule has 0 aliphatic carbocycles. The van der Waals surface area contributed by atoms with Gasteiger partial charge in [-0.05, 0) is 23.8 Å². The van der Waals surface area contributed by atoms with Gasteiger partial charge in [0.1, 0.15) is 10.2 Å². The molecular weight excluding hydrogens is 410 g/mol. The van der Waals surface area contributed by atoms with E-state index in [1.165, 1.54) is 0 Å². The van der Waals surface area contributed by atoms with Crippen molar-refractivity contribution in [3.63, 3.8) is 0 Å². The molecule has 1 N–H and O–H groups in total. The summed E-state index contributed by atoms with van der Waals surface area (Å²) in [6, 6.07) is 9.33. The average Bonchev–Trinajstić information content (AvgIpc) is 2.72. The highest BCUT2D eigenvalue weighted by Gasteiger charge is 2.20. The highest BCUT2D eigenvalue weighted by atomic mass is 35.5. The van der Waals surface area contributed by atoms with Gasteiger partial charge in [-0.3, -0.25) is 14.3 Å². The van der Waals surface area contributed by atoms with Crippen molar-refractivity contribution in [2.45, 2.75) is 13.5 Å². The van der Waals surface area contributed by atoms with Gasteiger partial charge in [-0.2, -0.15) is 0 Å². The zero-order valence-corrected chi connectivity index (χ0v) is 17.5. The van der Waals surface area contributed by atoms with Crippen molar-refractivity contribution < 1.29 is 4.79 Å². The minimum Gasteiger partial charge on any atom is -0.367 e. The van der Waals surface area contributed by atoms with E-state index in [4.69, 9.17) is 23.8 Å². The van der Waals surface area contributed by atoms with Crippen LogP contribution < -0.4 is 10.6 Å². The molecule has 0 atom stereocenters. The molecule has 0 spiro atoms. The van der Waals surface area contributed by atoms with Crippen LogP contribution in [-0.2, 0) is 11.3 Å². The highest BCUT2D eigenvalue weighted by molar-refractivity contribution is 7.71. The van der Waals surface area contributed by atoms with Crippen LogP contribution in [0.2, 0.25) is 5.02 Å². The van der Waals surface area contributed by atoms with Crippen LogP contribution in [0.5, 0.6) is 0 Å². The number of amides is 1. The molecule has 1 aliphatic heterocycles. The molecule has 9 heteroatoms. The number of rotatable bonds is 3.